The Morgan fingerprint density at radius 2 is 1.88 bits per heavy atom. The van der Waals surface area contributed by atoms with Crippen LogP contribution in [-0.4, -0.2) is 41.5 Å². The van der Waals surface area contributed by atoms with Crippen molar-refractivity contribution in [2.24, 2.45) is 0 Å². The minimum absolute atomic E-state index is 0.00444. The van der Waals surface area contributed by atoms with Crippen LogP contribution in [0.2, 0.25) is 0 Å². The molecule has 34 heavy (non-hydrogen) atoms. The van der Waals surface area contributed by atoms with Gasteiger partial charge in [-0.2, -0.15) is 0 Å². The maximum atomic E-state index is 13.4. The summed E-state index contributed by atoms with van der Waals surface area (Å²) in [6.45, 7) is 5.64. The topological polar surface area (TPSA) is 119 Å². The number of methoxy groups -OCH3 is 1. The standard InChI is InChI=1S/C24H22N2O7S/c1-5-32-15-9-7-14(8-10-15)18-17(19(27)16-11-6-12(2)33-16)20(28)22(29)26(18)24-25-13(3)21(34-24)23(30)31-4/h6-11,18,28H,5H2,1-4H3/t18-/m1/s1. The number of aliphatic hydroxyl groups is 1. The van der Waals surface area contributed by atoms with E-state index in [-0.39, 0.29) is 21.3 Å². The molecule has 176 valence electrons. The smallest absolute Gasteiger partial charge is 0.350 e. The summed E-state index contributed by atoms with van der Waals surface area (Å²) in [6, 6.07) is 8.94. The number of Topliss-reactive ketones (excluding diaryl/α,β-unsaturated/α-hetero) is 1. The number of aromatic nitrogens is 1. The first kappa shape index (κ1) is 23.2. The van der Waals surface area contributed by atoms with Crippen LogP contribution in [-0.2, 0) is 9.53 Å². The van der Waals surface area contributed by atoms with Gasteiger partial charge in [-0.05, 0) is 50.6 Å². The normalized spacial score (nSPS) is 15.7. The largest absolute Gasteiger partial charge is 0.503 e. The van der Waals surface area contributed by atoms with Gasteiger partial charge in [-0.3, -0.25) is 14.5 Å². The van der Waals surface area contributed by atoms with Crippen LogP contribution in [0.4, 0.5) is 5.13 Å². The second kappa shape index (κ2) is 9.14. The molecular formula is C24H22N2O7S. The Bertz CT molecular complexity index is 1300. The summed E-state index contributed by atoms with van der Waals surface area (Å²) in [7, 11) is 1.25. The average molecular weight is 483 g/mol. The third kappa shape index (κ3) is 3.96. The molecule has 1 atom stereocenters. The van der Waals surface area contributed by atoms with Crippen LogP contribution in [0, 0.1) is 13.8 Å². The molecule has 1 amide bonds. The Kier molecular flexibility index (Phi) is 6.25. The number of carbonyl (C=O) groups excluding carboxylic acids is 3. The highest BCUT2D eigenvalue weighted by molar-refractivity contribution is 7.17. The summed E-state index contributed by atoms with van der Waals surface area (Å²) >= 11 is 0.941. The molecule has 4 rings (SSSR count). The molecule has 0 unspecified atom stereocenters. The molecule has 1 N–H and O–H groups in total. The predicted molar refractivity (Wildman–Crippen MR) is 123 cm³/mol. The number of hydrogen-bond acceptors (Lipinski definition) is 9. The second-order valence-electron chi connectivity index (χ2n) is 7.48. The first-order valence-corrected chi connectivity index (χ1v) is 11.2. The number of nitrogens with zero attached hydrogens (tertiary/aromatic N) is 2. The lowest BCUT2D eigenvalue weighted by molar-refractivity contribution is -0.117. The van der Waals surface area contributed by atoms with E-state index < -0.39 is 29.5 Å². The lowest BCUT2D eigenvalue weighted by atomic mass is 9.95. The number of esters is 1. The van der Waals surface area contributed by atoms with E-state index in [2.05, 4.69) is 4.98 Å². The number of rotatable bonds is 7. The van der Waals surface area contributed by atoms with Crippen molar-refractivity contribution in [2.75, 3.05) is 18.6 Å². The van der Waals surface area contributed by atoms with Crippen molar-refractivity contribution in [1.29, 1.82) is 0 Å². The zero-order valence-electron chi connectivity index (χ0n) is 18.9. The van der Waals surface area contributed by atoms with Crippen molar-refractivity contribution in [3.05, 3.63) is 75.4 Å². The molecule has 3 aromatic rings. The molecule has 1 aromatic carbocycles. The molecule has 3 heterocycles. The van der Waals surface area contributed by atoms with Crippen LogP contribution < -0.4 is 9.64 Å². The molecule has 9 nitrogen and oxygen atoms in total. The van der Waals surface area contributed by atoms with Crippen LogP contribution in [0.15, 0.2) is 52.1 Å². The summed E-state index contributed by atoms with van der Waals surface area (Å²) in [4.78, 5) is 44.5. The molecule has 0 saturated carbocycles. The van der Waals surface area contributed by atoms with Crippen LogP contribution in [0.25, 0.3) is 0 Å². The highest BCUT2D eigenvalue weighted by Crippen LogP contribution is 2.44. The van der Waals surface area contributed by atoms with E-state index in [1.165, 1.54) is 18.1 Å². The van der Waals surface area contributed by atoms with E-state index in [1.807, 2.05) is 6.92 Å². The summed E-state index contributed by atoms with van der Waals surface area (Å²) in [6.07, 6.45) is 0. The van der Waals surface area contributed by atoms with Crippen molar-refractivity contribution in [1.82, 2.24) is 4.98 Å². The highest BCUT2D eigenvalue weighted by atomic mass is 32.1. The Morgan fingerprint density at radius 3 is 2.47 bits per heavy atom. The SMILES string of the molecule is CCOc1ccc([C@@H]2C(C(=O)c3ccc(C)o3)=C(O)C(=O)N2c2nc(C)c(C(=O)OC)s2)cc1. The number of aliphatic hydroxyl groups excluding tert-OH is 1. The molecule has 10 heteroatoms. The quantitative estimate of drug-likeness (QED) is 0.391. The molecule has 0 saturated heterocycles. The van der Waals surface area contributed by atoms with Crippen molar-refractivity contribution in [3.63, 3.8) is 0 Å². The summed E-state index contributed by atoms with van der Waals surface area (Å²) in [5, 5.41) is 11.0. The van der Waals surface area contributed by atoms with Gasteiger partial charge in [-0.15, -0.1) is 0 Å². The van der Waals surface area contributed by atoms with Crippen LogP contribution in [0.5, 0.6) is 5.75 Å². The molecule has 1 aliphatic rings. The lowest BCUT2D eigenvalue weighted by Gasteiger charge is -2.24. The fraction of sp³-hybridized carbons (Fsp3) is 0.250. The molecule has 0 bridgehead atoms. The monoisotopic (exact) mass is 482 g/mol. The average Bonchev–Trinajstić information content (AvgIpc) is 3.50. The predicted octanol–water partition coefficient (Wildman–Crippen LogP) is 4.32. The summed E-state index contributed by atoms with van der Waals surface area (Å²) < 4.78 is 15.8. The summed E-state index contributed by atoms with van der Waals surface area (Å²) in [5.74, 6) is -1.61. The first-order chi connectivity index (χ1) is 16.3. The third-order valence-electron chi connectivity index (χ3n) is 5.29. The number of aryl methyl sites for hydroxylation is 2. The van der Waals surface area contributed by atoms with Gasteiger partial charge in [-0.25, -0.2) is 9.78 Å². The Morgan fingerprint density at radius 1 is 1.18 bits per heavy atom. The van der Waals surface area contributed by atoms with Crippen LogP contribution >= 0.6 is 11.3 Å². The van der Waals surface area contributed by atoms with E-state index in [9.17, 15) is 19.5 Å². The van der Waals surface area contributed by atoms with Crippen molar-refractivity contribution in [3.8, 4) is 5.75 Å². The van der Waals surface area contributed by atoms with Gasteiger partial charge in [0.05, 0.1) is 31.0 Å². The minimum atomic E-state index is -1.00. The number of ether oxygens (including phenoxy) is 2. The Hall–Kier alpha value is -3.92. The Labute approximate surface area is 199 Å². The van der Waals surface area contributed by atoms with Gasteiger partial charge in [0.15, 0.2) is 16.7 Å². The molecule has 0 spiro atoms. The van der Waals surface area contributed by atoms with Gasteiger partial charge in [0.1, 0.15) is 16.4 Å². The van der Waals surface area contributed by atoms with E-state index in [0.29, 0.717) is 29.4 Å². The number of thiazole rings is 1. The van der Waals surface area contributed by atoms with E-state index in [0.717, 1.165) is 11.3 Å². The fourth-order valence-corrected chi connectivity index (χ4v) is 4.73. The van der Waals surface area contributed by atoms with Gasteiger partial charge in [0.25, 0.3) is 5.91 Å². The maximum absolute atomic E-state index is 13.4. The van der Waals surface area contributed by atoms with E-state index >= 15 is 0 Å². The molecule has 0 fully saturated rings. The van der Waals surface area contributed by atoms with Crippen molar-refractivity contribution < 1.29 is 33.4 Å². The second-order valence-corrected chi connectivity index (χ2v) is 8.46. The van der Waals surface area contributed by atoms with Crippen LogP contribution in [0.3, 0.4) is 0 Å². The molecule has 0 aliphatic carbocycles. The van der Waals surface area contributed by atoms with Gasteiger partial charge in [-0.1, -0.05) is 23.5 Å². The minimum Gasteiger partial charge on any atom is -0.503 e. The van der Waals surface area contributed by atoms with Crippen LogP contribution in [0.1, 0.15) is 50.2 Å². The molecule has 1 aliphatic heterocycles. The van der Waals surface area contributed by atoms with Gasteiger partial charge in [0.2, 0.25) is 5.78 Å². The lowest BCUT2D eigenvalue weighted by Crippen LogP contribution is -2.31. The van der Waals surface area contributed by atoms with Gasteiger partial charge < -0.3 is 19.0 Å². The van der Waals surface area contributed by atoms with Gasteiger partial charge >= 0.3 is 5.97 Å². The Balaban J connectivity index is 1.85. The number of carbonyl (C=O) groups is 3. The highest BCUT2D eigenvalue weighted by Gasteiger charge is 2.46. The molecule has 2 aromatic heterocycles. The van der Waals surface area contributed by atoms with Gasteiger partial charge in [0, 0.05) is 0 Å². The number of anilines is 1. The number of furan rings is 1. The molecule has 0 radical (unpaired) electrons. The van der Waals surface area contributed by atoms with Crippen molar-refractivity contribution >= 4 is 34.1 Å². The van der Waals surface area contributed by atoms with E-state index in [1.54, 1.807) is 44.2 Å². The maximum Gasteiger partial charge on any atom is 0.350 e. The number of amides is 1. The number of ketones is 1. The first-order valence-electron chi connectivity index (χ1n) is 10.4. The fourth-order valence-electron chi connectivity index (χ4n) is 3.72. The van der Waals surface area contributed by atoms with Crippen molar-refractivity contribution in [2.45, 2.75) is 26.8 Å². The third-order valence-corrected chi connectivity index (χ3v) is 6.42. The zero-order chi connectivity index (χ0) is 24.6. The van der Waals surface area contributed by atoms with E-state index in [4.69, 9.17) is 13.9 Å². The zero-order valence-corrected chi connectivity index (χ0v) is 19.8. The summed E-state index contributed by atoms with van der Waals surface area (Å²) in [5.41, 5.74) is 0.766. The number of benzene rings is 1. The number of hydrogen-bond donors (Lipinski definition) is 1. The molecular weight excluding hydrogens is 460 g/mol.